The van der Waals surface area contributed by atoms with E-state index < -0.39 is 17.8 Å². The zero-order valence-corrected chi connectivity index (χ0v) is 15.9. The van der Waals surface area contributed by atoms with Gasteiger partial charge in [-0.1, -0.05) is 0 Å². The SMILES string of the molecule is CC(=O)c1ccc(N2CC[NH+](CN3C(=O)C(=O)N(C(C)C)C3=O)CC2)cc1. The lowest BCUT2D eigenvalue weighted by atomic mass is 10.1. The quantitative estimate of drug-likeness (QED) is 0.437. The van der Waals surface area contributed by atoms with Gasteiger partial charge < -0.3 is 9.80 Å². The van der Waals surface area contributed by atoms with Gasteiger partial charge in [-0.25, -0.2) is 9.69 Å². The van der Waals surface area contributed by atoms with Gasteiger partial charge in [0.1, 0.15) is 0 Å². The monoisotopic (exact) mass is 373 g/mol. The van der Waals surface area contributed by atoms with Gasteiger partial charge in [0.2, 0.25) is 0 Å². The number of hydrogen-bond donors (Lipinski definition) is 1. The van der Waals surface area contributed by atoms with Crippen LogP contribution in [0.5, 0.6) is 0 Å². The number of urea groups is 1. The minimum absolute atomic E-state index is 0.0424. The van der Waals surface area contributed by atoms with Crippen LogP contribution in [0.2, 0.25) is 0 Å². The average molecular weight is 373 g/mol. The molecule has 1 aromatic carbocycles. The van der Waals surface area contributed by atoms with Crippen LogP contribution in [0, 0.1) is 0 Å². The number of quaternary nitrogens is 1. The van der Waals surface area contributed by atoms with E-state index >= 15 is 0 Å². The Morgan fingerprint density at radius 2 is 1.63 bits per heavy atom. The van der Waals surface area contributed by atoms with Gasteiger partial charge >= 0.3 is 17.8 Å². The molecule has 1 N–H and O–H groups in total. The molecular formula is C19H25N4O4+. The number of carbonyl (C=O) groups excluding carboxylic acids is 4. The van der Waals surface area contributed by atoms with Gasteiger partial charge in [-0.05, 0) is 45.0 Å². The number of imide groups is 2. The number of rotatable bonds is 5. The predicted octanol–water partition coefficient (Wildman–Crippen LogP) is -0.249. The molecule has 0 saturated carbocycles. The fourth-order valence-corrected chi connectivity index (χ4v) is 3.49. The van der Waals surface area contributed by atoms with Gasteiger partial charge in [0.15, 0.2) is 12.5 Å². The van der Waals surface area contributed by atoms with E-state index in [0.717, 1.165) is 46.6 Å². The number of benzene rings is 1. The molecule has 0 radical (unpaired) electrons. The normalized spacial score (nSPS) is 18.8. The third kappa shape index (κ3) is 3.71. The second-order valence-electron chi connectivity index (χ2n) is 7.28. The zero-order chi connectivity index (χ0) is 19.7. The molecule has 2 aliphatic heterocycles. The maximum atomic E-state index is 12.4. The summed E-state index contributed by atoms with van der Waals surface area (Å²) in [6.07, 6.45) is 0. The number of amides is 4. The summed E-state index contributed by atoms with van der Waals surface area (Å²) < 4.78 is 0. The lowest BCUT2D eigenvalue weighted by Crippen LogP contribution is -3.16. The fourth-order valence-electron chi connectivity index (χ4n) is 3.49. The first-order valence-corrected chi connectivity index (χ1v) is 9.18. The van der Waals surface area contributed by atoms with Gasteiger partial charge in [0, 0.05) is 17.3 Å². The highest BCUT2D eigenvalue weighted by Gasteiger charge is 2.47. The molecule has 0 aliphatic carbocycles. The summed E-state index contributed by atoms with van der Waals surface area (Å²) in [4.78, 5) is 53.3. The van der Waals surface area contributed by atoms with Crippen LogP contribution >= 0.6 is 0 Å². The number of piperazine rings is 1. The molecule has 2 heterocycles. The highest BCUT2D eigenvalue weighted by Crippen LogP contribution is 2.16. The molecule has 0 aromatic heterocycles. The zero-order valence-electron chi connectivity index (χ0n) is 15.9. The molecule has 4 amide bonds. The molecule has 144 valence electrons. The molecule has 2 aliphatic rings. The average Bonchev–Trinajstić information content (AvgIpc) is 2.86. The Morgan fingerprint density at radius 1 is 1.04 bits per heavy atom. The summed E-state index contributed by atoms with van der Waals surface area (Å²) in [6, 6.07) is 6.68. The number of anilines is 1. The molecule has 1 aromatic rings. The van der Waals surface area contributed by atoms with Crippen LogP contribution in [0.3, 0.4) is 0 Å². The molecule has 0 spiro atoms. The van der Waals surface area contributed by atoms with Gasteiger partial charge in [-0.3, -0.25) is 19.3 Å². The Kier molecular flexibility index (Phi) is 5.27. The summed E-state index contributed by atoms with van der Waals surface area (Å²) in [6.45, 7) is 8.24. The molecule has 0 bridgehead atoms. The topological polar surface area (TPSA) is 82.4 Å². The summed E-state index contributed by atoms with van der Waals surface area (Å²) >= 11 is 0. The van der Waals surface area contributed by atoms with Crippen molar-refractivity contribution < 1.29 is 24.1 Å². The van der Waals surface area contributed by atoms with E-state index in [9.17, 15) is 19.2 Å². The minimum atomic E-state index is -0.737. The second-order valence-corrected chi connectivity index (χ2v) is 7.28. The van der Waals surface area contributed by atoms with Gasteiger partial charge in [-0.15, -0.1) is 0 Å². The van der Waals surface area contributed by atoms with Gasteiger partial charge in [0.05, 0.1) is 26.2 Å². The lowest BCUT2D eigenvalue weighted by Gasteiger charge is -2.34. The van der Waals surface area contributed by atoms with E-state index in [-0.39, 0.29) is 18.5 Å². The molecule has 8 nitrogen and oxygen atoms in total. The second kappa shape index (κ2) is 7.48. The minimum Gasteiger partial charge on any atom is -0.360 e. The van der Waals surface area contributed by atoms with Crippen LogP contribution in [0.4, 0.5) is 10.5 Å². The molecule has 3 rings (SSSR count). The predicted molar refractivity (Wildman–Crippen MR) is 98.4 cm³/mol. The Hall–Kier alpha value is -2.74. The first kappa shape index (κ1) is 19.0. The summed E-state index contributed by atoms with van der Waals surface area (Å²) in [7, 11) is 0. The van der Waals surface area contributed by atoms with Crippen molar-refractivity contribution in [2.75, 3.05) is 37.7 Å². The Bertz CT molecular complexity index is 766. The molecule has 8 heteroatoms. The summed E-state index contributed by atoms with van der Waals surface area (Å²) in [5, 5.41) is 0. The molecule has 27 heavy (non-hydrogen) atoms. The van der Waals surface area contributed by atoms with Crippen molar-refractivity contribution in [3.05, 3.63) is 29.8 Å². The Labute approximate surface area is 158 Å². The van der Waals surface area contributed by atoms with Crippen molar-refractivity contribution in [1.29, 1.82) is 0 Å². The van der Waals surface area contributed by atoms with E-state index in [0.29, 0.717) is 5.56 Å². The third-order valence-electron chi connectivity index (χ3n) is 5.09. The number of nitrogens with zero attached hydrogens (tertiary/aromatic N) is 3. The summed E-state index contributed by atoms with van der Waals surface area (Å²) in [5.41, 5.74) is 1.74. The van der Waals surface area contributed by atoms with Crippen LogP contribution < -0.4 is 9.80 Å². The van der Waals surface area contributed by atoms with E-state index in [1.165, 1.54) is 0 Å². The van der Waals surface area contributed by atoms with E-state index in [4.69, 9.17) is 0 Å². The number of carbonyl (C=O) groups is 4. The van der Waals surface area contributed by atoms with Crippen molar-refractivity contribution in [3.63, 3.8) is 0 Å². The van der Waals surface area contributed by atoms with Crippen LogP contribution in [0.15, 0.2) is 24.3 Å². The number of Topliss-reactive ketones (excluding diaryl/α,β-unsaturated/α-hetero) is 1. The lowest BCUT2D eigenvalue weighted by molar-refractivity contribution is -0.907. The van der Waals surface area contributed by atoms with Crippen molar-refractivity contribution in [1.82, 2.24) is 9.80 Å². The van der Waals surface area contributed by atoms with Gasteiger partial charge in [0.25, 0.3) is 0 Å². The Morgan fingerprint density at radius 3 is 2.11 bits per heavy atom. The maximum Gasteiger partial charge on any atom is 0.338 e. The molecular weight excluding hydrogens is 348 g/mol. The third-order valence-corrected chi connectivity index (χ3v) is 5.09. The largest absolute Gasteiger partial charge is 0.360 e. The van der Waals surface area contributed by atoms with E-state index in [1.54, 1.807) is 20.8 Å². The maximum absolute atomic E-state index is 12.4. The summed E-state index contributed by atoms with van der Waals surface area (Å²) in [5.74, 6) is -1.43. The highest BCUT2D eigenvalue weighted by molar-refractivity contribution is 6.44. The molecule has 0 atom stereocenters. The van der Waals surface area contributed by atoms with E-state index in [1.807, 2.05) is 24.3 Å². The van der Waals surface area contributed by atoms with Crippen LogP contribution in [-0.4, -0.2) is 72.3 Å². The van der Waals surface area contributed by atoms with Gasteiger partial charge in [-0.2, -0.15) is 0 Å². The molecule has 2 fully saturated rings. The van der Waals surface area contributed by atoms with Crippen molar-refractivity contribution in [2.45, 2.75) is 26.8 Å². The standard InChI is InChI=1S/C19H24N4O4/c1-13(2)23-18(26)17(25)22(19(23)27)12-20-8-10-21(11-9-20)16-6-4-15(5-7-16)14(3)24/h4-7,13H,8-12H2,1-3H3/p+1. The first-order valence-electron chi connectivity index (χ1n) is 9.18. The van der Waals surface area contributed by atoms with Crippen LogP contribution in [0.25, 0.3) is 0 Å². The number of nitrogens with one attached hydrogen (secondary N) is 1. The highest BCUT2D eigenvalue weighted by atomic mass is 16.2. The van der Waals surface area contributed by atoms with Crippen LogP contribution in [0.1, 0.15) is 31.1 Å². The first-order chi connectivity index (χ1) is 12.8. The smallest absolute Gasteiger partial charge is 0.338 e. The van der Waals surface area contributed by atoms with Crippen molar-refractivity contribution in [2.24, 2.45) is 0 Å². The Balaban J connectivity index is 1.58. The number of hydrogen-bond acceptors (Lipinski definition) is 5. The molecule has 0 unspecified atom stereocenters. The molecule has 2 saturated heterocycles. The number of ketones is 1. The van der Waals surface area contributed by atoms with Crippen molar-refractivity contribution in [3.8, 4) is 0 Å². The van der Waals surface area contributed by atoms with E-state index in [2.05, 4.69) is 4.90 Å². The fraction of sp³-hybridized carbons (Fsp3) is 0.474. The van der Waals surface area contributed by atoms with Crippen LogP contribution in [-0.2, 0) is 9.59 Å². The van der Waals surface area contributed by atoms with Crippen molar-refractivity contribution >= 4 is 29.3 Å².